The monoisotopic (exact) mass is 322 g/mol. The normalized spacial score (nSPS) is 10.4. The molecule has 0 saturated heterocycles. The topological polar surface area (TPSA) is 64.4 Å². The number of carbonyl (C=O) groups is 1. The first kappa shape index (κ1) is 15.8. The summed E-state index contributed by atoms with van der Waals surface area (Å²) in [6, 6.07) is 19.5. The van der Waals surface area contributed by atoms with Crippen LogP contribution in [0.2, 0.25) is 0 Å². The molecule has 0 aliphatic heterocycles. The molecule has 122 valence electrons. The van der Waals surface area contributed by atoms with Gasteiger partial charge in [0.1, 0.15) is 5.69 Å². The zero-order chi connectivity index (χ0) is 16.8. The number of aromatic nitrogens is 1. The quantitative estimate of drug-likeness (QED) is 0.700. The van der Waals surface area contributed by atoms with Crippen LogP contribution < -0.4 is 5.32 Å². The molecule has 0 amide bonds. The summed E-state index contributed by atoms with van der Waals surface area (Å²) in [6.07, 6.45) is 0.808. The number of benzene rings is 2. The predicted molar refractivity (Wildman–Crippen MR) is 91.9 cm³/mol. The van der Waals surface area contributed by atoms with E-state index in [2.05, 4.69) is 22.6 Å². The molecule has 24 heavy (non-hydrogen) atoms. The summed E-state index contributed by atoms with van der Waals surface area (Å²) in [5.41, 5.74) is 2.80. The lowest BCUT2D eigenvalue weighted by molar-refractivity contribution is 0.0602. The molecule has 3 aromatic rings. The maximum absolute atomic E-state index is 12.2. The fourth-order valence-corrected chi connectivity index (χ4v) is 2.46. The van der Waals surface area contributed by atoms with Crippen molar-refractivity contribution in [1.29, 1.82) is 0 Å². The molecule has 0 aliphatic carbocycles. The highest BCUT2D eigenvalue weighted by atomic mass is 16.5. The van der Waals surface area contributed by atoms with Crippen molar-refractivity contribution in [2.24, 2.45) is 0 Å². The van der Waals surface area contributed by atoms with Crippen LogP contribution in [0.15, 0.2) is 65.2 Å². The van der Waals surface area contributed by atoms with Gasteiger partial charge in [-0.3, -0.25) is 0 Å². The summed E-state index contributed by atoms with van der Waals surface area (Å²) in [4.78, 5) is 12.2. The van der Waals surface area contributed by atoms with Crippen molar-refractivity contribution in [2.75, 3.05) is 19.0 Å². The summed E-state index contributed by atoms with van der Waals surface area (Å²) in [5.74, 6) is -0.144. The molecule has 0 aliphatic rings. The number of hydrogen-bond donors (Lipinski definition) is 1. The summed E-state index contributed by atoms with van der Waals surface area (Å²) >= 11 is 0. The van der Waals surface area contributed by atoms with Gasteiger partial charge in [0.05, 0.1) is 7.11 Å². The Morgan fingerprint density at radius 2 is 1.75 bits per heavy atom. The molecule has 2 aromatic carbocycles. The molecule has 1 N–H and O–H groups in total. The second-order valence-electron chi connectivity index (χ2n) is 5.26. The Kier molecular flexibility index (Phi) is 4.91. The average Bonchev–Trinajstić information content (AvgIpc) is 3.06. The van der Waals surface area contributed by atoms with Gasteiger partial charge >= 0.3 is 5.97 Å². The average molecular weight is 322 g/mol. The minimum Gasteiger partial charge on any atom is -0.465 e. The molecule has 0 fully saturated rings. The van der Waals surface area contributed by atoms with Crippen LogP contribution in [0.5, 0.6) is 0 Å². The van der Waals surface area contributed by atoms with Crippen LogP contribution in [-0.4, -0.2) is 24.8 Å². The van der Waals surface area contributed by atoms with Crippen LogP contribution in [0.25, 0.3) is 11.3 Å². The minimum absolute atomic E-state index is 0.316. The standard InChI is InChI=1S/C19H18N2O3/c1-23-19(22)16-17(15-10-6-3-7-11-15)21-24-18(16)20-13-12-14-8-4-2-5-9-14/h2-11,20H,12-13H2,1H3. The molecule has 5 nitrogen and oxygen atoms in total. The molecular formula is C19H18N2O3. The number of hydrogen-bond acceptors (Lipinski definition) is 5. The van der Waals surface area contributed by atoms with Crippen molar-refractivity contribution in [2.45, 2.75) is 6.42 Å². The van der Waals surface area contributed by atoms with Crippen molar-refractivity contribution in [1.82, 2.24) is 5.16 Å². The summed E-state index contributed by atoms with van der Waals surface area (Å²) in [7, 11) is 1.35. The number of esters is 1. The first-order valence-corrected chi connectivity index (χ1v) is 7.71. The third kappa shape index (κ3) is 3.46. The molecule has 1 aromatic heterocycles. The third-order valence-corrected chi connectivity index (χ3v) is 3.67. The Morgan fingerprint density at radius 3 is 2.42 bits per heavy atom. The number of anilines is 1. The van der Waals surface area contributed by atoms with Crippen LogP contribution in [-0.2, 0) is 11.2 Å². The minimum atomic E-state index is -0.475. The van der Waals surface area contributed by atoms with Gasteiger partial charge in [-0.1, -0.05) is 65.8 Å². The maximum atomic E-state index is 12.2. The highest BCUT2D eigenvalue weighted by Gasteiger charge is 2.24. The van der Waals surface area contributed by atoms with Gasteiger partial charge in [0.15, 0.2) is 5.56 Å². The first-order chi connectivity index (χ1) is 11.8. The number of nitrogens with one attached hydrogen (secondary N) is 1. The number of ether oxygens (including phenoxy) is 1. The highest BCUT2D eigenvalue weighted by Crippen LogP contribution is 2.29. The molecule has 0 bridgehead atoms. The lowest BCUT2D eigenvalue weighted by atomic mass is 10.1. The van der Waals surface area contributed by atoms with Crippen molar-refractivity contribution in [3.63, 3.8) is 0 Å². The number of nitrogens with zero attached hydrogens (tertiary/aromatic N) is 1. The number of carbonyl (C=O) groups excluding carboxylic acids is 1. The number of rotatable bonds is 6. The Morgan fingerprint density at radius 1 is 1.08 bits per heavy atom. The molecule has 5 heteroatoms. The van der Waals surface area contributed by atoms with Gasteiger partial charge in [0, 0.05) is 12.1 Å². The van der Waals surface area contributed by atoms with Gasteiger partial charge in [0.2, 0.25) is 5.88 Å². The van der Waals surface area contributed by atoms with Crippen molar-refractivity contribution < 1.29 is 14.1 Å². The van der Waals surface area contributed by atoms with E-state index < -0.39 is 5.97 Å². The predicted octanol–water partition coefficient (Wildman–Crippen LogP) is 3.78. The van der Waals surface area contributed by atoms with E-state index in [9.17, 15) is 4.79 Å². The summed E-state index contributed by atoms with van der Waals surface area (Å²) in [5, 5.41) is 7.18. The van der Waals surface area contributed by atoms with Gasteiger partial charge < -0.3 is 14.6 Å². The van der Waals surface area contributed by atoms with E-state index in [1.165, 1.54) is 12.7 Å². The molecular weight excluding hydrogens is 304 g/mol. The Labute approximate surface area is 140 Å². The molecule has 0 radical (unpaired) electrons. The third-order valence-electron chi connectivity index (χ3n) is 3.67. The zero-order valence-electron chi connectivity index (χ0n) is 13.4. The van der Waals surface area contributed by atoms with Crippen LogP contribution in [0.1, 0.15) is 15.9 Å². The van der Waals surface area contributed by atoms with E-state index in [-0.39, 0.29) is 0 Å². The fraction of sp³-hybridized carbons (Fsp3) is 0.158. The van der Waals surface area contributed by atoms with Crippen LogP contribution in [0.3, 0.4) is 0 Å². The lowest BCUT2D eigenvalue weighted by Crippen LogP contribution is -2.09. The molecule has 0 saturated carbocycles. The molecule has 0 spiro atoms. The first-order valence-electron chi connectivity index (χ1n) is 7.71. The van der Waals surface area contributed by atoms with E-state index in [0.717, 1.165) is 12.0 Å². The zero-order valence-corrected chi connectivity index (χ0v) is 13.4. The number of methoxy groups -OCH3 is 1. The van der Waals surface area contributed by atoms with Crippen molar-refractivity contribution in [3.05, 3.63) is 71.8 Å². The second kappa shape index (κ2) is 7.46. The summed E-state index contributed by atoms with van der Waals surface area (Å²) in [6.45, 7) is 0.622. The Bertz CT molecular complexity index is 798. The molecule has 1 heterocycles. The van der Waals surface area contributed by atoms with Crippen LogP contribution >= 0.6 is 0 Å². The smallest absolute Gasteiger partial charge is 0.345 e. The molecule has 0 atom stereocenters. The second-order valence-corrected chi connectivity index (χ2v) is 5.26. The fourth-order valence-electron chi connectivity index (χ4n) is 2.46. The van der Waals surface area contributed by atoms with E-state index >= 15 is 0 Å². The van der Waals surface area contributed by atoms with Crippen LogP contribution in [0, 0.1) is 0 Å². The Balaban J connectivity index is 1.80. The molecule has 0 unspecified atom stereocenters. The van der Waals surface area contributed by atoms with Gasteiger partial charge in [-0.05, 0) is 12.0 Å². The van der Waals surface area contributed by atoms with Gasteiger partial charge in [0.25, 0.3) is 0 Å². The van der Waals surface area contributed by atoms with Gasteiger partial charge in [-0.25, -0.2) is 4.79 Å². The van der Waals surface area contributed by atoms with Gasteiger partial charge in [-0.15, -0.1) is 0 Å². The van der Waals surface area contributed by atoms with E-state index in [1.807, 2.05) is 48.5 Å². The molecule has 3 rings (SSSR count). The SMILES string of the molecule is COC(=O)c1c(-c2ccccc2)noc1NCCc1ccccc1. The maximum Gasteiger partial charge on any atom is 0.345 e. The summed E-state index contributed by atoms with van der Waals surface area (Å²) < 4.78 is 10.2. The van der Waals surface area contributed by atoms with E-state index in [4.69, 9.17) is 9.26 Å². The van der Waals surface area contributed by atoms with Crippen molar-refractivity contribution in [3.8, 4) is 11.3 Å². The largest absolute Gasteiger partial charge is 0.465 e. The Hall–Kier alpha value is -3.08. The van der Waals surface area contributed by atoms with Crippen molar-refractivity contribution >= 4 is 11.9 Å². The lowest BCUT2D eigenvalue weighted by Gasteiger charge is -2.05. The van der Waals surface area contributed by atoms with E-state index in [1.54, 1.807) is 0 Å². The van der Waals surface area contributed by atoms with Crippen LogP contribution in [0.4, 0.5) is 5.88 Å². The van der Waals surface area contributed by atoms with E-state index in [0.29, 0.717) is 23.7 Å². The van der Waals surface area contributed by atoms with Gasteiger partial charge in [-0.2, -0.15) is 0 Å². The highest BCUT2D eigenvalue weighted by molar-refractivity contribution is 6.00.